The molecule has 1 amide bonds. The van der Waals surface area contributed by atoms with E-state index in [0.717, 1.165) is 5.56 Å². The molecule has 0 unspecified atom stereocenters. The van der Waals surface area contributed by atoms with Crippen LogP contribution in [0.1, 0.15) is 43.7 Å². The Morgan fingerprint density at radius 3 is 2.53 bits per heavy atom. The molecule has 1 aliphatic heterocycles. The first kappa shape index (κ1) is 13.6. The minimum absolute atomic E-state index is 0.0691. The van der Waals surface area contributed by atoms with Crippen molar-refractivity contribution in [3.63, 3.8) is 0 Å². The van der Waals surface area contributed by atoms with E-state index in [1.807, 2.05) is 24.3 Å². The van der Waals surface area contributed by atoms with Crippen LogP contribution in [-0.2, 0) is 16.1 Å². The summed E-state index contributed by atoms with van der Waals surface area (Å²) in [6.45, 7) is 4.63. The Labute approximate surface area is 113 Å². The zero-order chi connectivity index (χ0) is 14.0. The molecule has 0 spiro atoms. The Balaban J connectivity index is 2.11. The molecular weight excluding hydrogens is 242 g/mol. The second kappa shape index (κ2) is 5.43. The van der Waals surface area contributed by atoms with E-state index in [4.69, 9.17) is 5.11 Å². The molecule has 0 aromatic heterocycles. The lowest BCUT2D eigenvalue weighted by Crippen LogP contribution is -2.37. The number of hydrogen-bond donors (Lipinski definition) is 1. The number of rotatable bonds is 4. The van der Waals surface area contributed by atoms with Crippen LogP contribution in [0.2, 0.25) is 0 Å². The second-order valence-electron chi connectivity index (χ2n) is 5.31. The van der Waals surface area contributed by atoms with Crippen LogP contribution < -0.4 is 0 Å². The number of likely N-dealkylation sites (tertiary alicyclic amines) is 1. The molecule has 19 heavy (non-hydrogen) atoms. The maximum absolute atomic E-state index is 11.7. The molecule has 1 saturated heterocycles. The number of carbonyl (C=O) groups is 2. The van der Waals surface area contributed by atoms with Crippen LogP contribution in [0, 0.1) is 0 Å². The molecule has 1 aromatic carbocycles. The van der Waals surface area contributed by atoms with Crippen LogP contribution in [0.15, 0.2) is 24.3 Å². The first-order valence-corrected chi connectivity index (χ1v) is 6.60. The van der Waals surface area contributed by atoms with Crippen molar-refractivity contribution >= 4 is 11.9 Å². The number of carbonyl (C=O) groups excluding carboxylic acids is 1. The molecule has 102 valence electrons. The summed E-state index contributed by atoms with van der Waals surface area (Å²) in [6, 6.07) is 7.35. The zero-order valence-electron chi connectivity index (χ0n) is 11.3. The number of benzene rings is 1. The molecule has 1 aliphatic rings. The number of hydrogen-bond acceptors (Lipinski definition) is 2. The maximum atomic E-state index is 11.7. The van der Waals surface area contributed by atoms with Crippen molar-refractivity contribution in [3.05, 3.63) is 35.4 Å². The van der Waals surface area contributed by atoms with Crippen LogP contribution in [0.3, 0.4) is 0 Å². The maximum Gasteiger partial charge on any atom is 0.326 e. The zero-order valence-corrected chi connectivity index (χ0v) is 11.3. The summed E-state index contributed by atoms with van der Waals surface area (Å²) in [6.07, 6.45) is 0.749. The Morgan fingerprint density at radius 1 is 1.37 bits per heavy atom. The molecular formula is C15H19NO3. The van der Waals surface area contributed by atoms with Crippen molar-refractivity contribution in [2.24, 2.45) is 0 Å². The van der Waals surface area contributed by atoms with Crippen molar-refractivity contribution in [1.82, 2.24) is 4.90 Å². The van der Waals surface area contributed by atoms with Gasteiger partial charge < -0.3 is 10.0 Å². The van der Waals surface area contributed by atoms with Crippen molar-refractivity contribution in [1.29, 1.82) is 0 Å². The second-order valence-corrected chi connectivity index (χ2v) is 5.31. The molecule has 0 bridgehead atoms. The van der Waals surface area contributed by atoms with E-state index in [-0.39, 0.29) is 5.91 Å². The van der Waals surface area contributed by atoms with Gasteiger partial charge in [0.15, 0.2) is 0 Å². The molecule has 0 saturated carbocycles. The largest absolute Gasteiger partial charge is 0.480 e. The Bertz CT molecular complexity index is 479. The van der Waals surface area contributed by atoms with Crippen LogP contribution in [-0.4, -0.2) is 27.9 Å². The van der Waals surface area contributed by atoms with E-state index in [1.54, 1.807) is 0 Å². The molecule has 1 atom stereocenters. The van der Waals surface area contributed by atoms with Gasteiger partial charge in [-0.1, -0.05) is 38.1 Å². The van der Waals surface area contributed by atoms with Crippen molar-refractivity contribution in [2.75, 3.05) is 0 Å². The van der Waals surface area contributed by atoms with Gasteiger partial charge in [0.1, 0.15) is 6.04 Å². The molecule has 0 aliphatic carbocycles. The summed E-state index contributed by atoms with van der Waals surface area (Å²) in [5, 5.41) is 9.10. The number of carboxylic acid groups (broad SMARTS) is 1. The Kier molecular flexibility index (Phi) is 3.88. The van der Waals surface area contributed by atoms with Gasteiger partial charge >= 0.3 is 5.97 Å². The summed E-state index contributed by atoms with van der Waals surface area (Å²) in [5.74, 6) is -0.515. The van der Waals surface area contributed by atoms with Crippen LogP contribution >= 0.6 is 0 Å². The average Bonchev–Trinajstić information content (AvgIpc) is 2.72. The summed E-state index contributed by atoms with van der Waals surface area (Å²) >= 11 is 0. The van der Waals surface area contributed by atoms with Gasteiger partial charge in [0.05, 0.1) is 0 Å². The van der Waals surface area contributed by atoms with Gasteiger partial charge in [-0.3, -0.25) is 4.79 Å². The third kappa shape index (κ3) is 2.95. The van der Waals surface area contributed by atoms with Gasteiger partial charge in [0.2, 0.25) is 5.91 Å². The smallest absolute Gasteiger partial charge is 0.326 e. The highest BCUT2D eigenvalue weighted by Gasteiger charge is 2.35. The molecule has 1 aromatic rings. The molecule has 4 nitrogen and oxygen atoms in total. The van der Waals surface area contributed by atoms with E-state index in [1.165, 1.54) is 10.5 Å². The van der Waals surface area contributed by atoms with Crippen LogP contribution in [0.25, 0.3) is 0 Å². The molecule has 0 radical (unpaired) electrons. The van der Waals surface area contributed by atoms with E-state index in [0.29, 0.717) is 25.3 Å². The highest BCUT2D eigenvalue weighted by Crippen LogP contribution is 2.22. The lowest BCUT2D eigenvalue weighted by atomic mass is 10.0. The average molecular weight is 261 g/mol. The number of amides is 1. The highest BCUT2D eigenvalue weighted by molar-refractivity contribution is 5.87. The van der Waals surface area contributed by atoms with Gasteiger partial charge in [0, 0.05) is 13.0 Å². The van der Waals surface area contributed by atoms with Crippen LogP contribution in [0.4, 0.5) is 0 Å². The summed E-state index contributed by atoms with van der Waals surface area (Å²) in [7, 11) is 0. The van der Waals surface area contributed by atoms with E-state index in [9.17, 15) is 9.59 Å². The first-order valence-electron chi connectivity index (χ1n) is 6.60. The predicted octanol–water partition coefficient (Wildman–Crippen LogP) is 2.39. The normalized spacial score (nSPS) is 19.2. The van der Waals surface area contributed by atoms with E-state index in [2.05, 4.69) is 13.8 Å². The SMILES string of the molecule is CC(C)c1ccc(CN2C(=O)CC[C@@H]2C(=O)O)cc1. The number of aliphatic carboxylic acids is 1. The summed E-state index contributed by atoms with van der Waals surface area (Å²) in [4.78, 5) is 24.3. The van der Waals surface area contributed by atoms with Gasteiger partial charge in [-0.05, 0) is 23.5 Å². The lowest BCUT2D eigenvalue weighted by Gasteiger charge is -2.21. The third-order valence-electron chi connectivity index (χ3n) is 3.61. The monoisotopic (exact) mass is 261 g/mol. The van der Waals surface area contributed by atoms with Crippen LogP contribution in [0.5, 0.6) is 0 Å². The molecule has 1 N–H and O–H groups in total. The van der Waals surface area contributed by atoms with Crippen molar-refractivity contribution < 1.29 is 14.7 Å². The van der Waals surface area contributed by atoms with Gasteiger partial charge in [0.25, 0.3) is 0 Å². The van der Waals surface area contributed by atoms with Gasteiger partial charge in [-0.2, -0.15) is 0 Å². The summed E-state index contributed by atoms with van der Waals surface area (Å²) < 4.78 is 0. The third-order valence-corrected chi connectivity index (χ3v) is 3.61. The predicted molar refractivity (Wildman–Crippen MR) is 71.7 cm³/mol. The van der Waals surface area contributed by atoms with Gasteiger partial charge in [-0.15, -0.1) is 0 Å². The fraction of sp³-hybridized carbons (Fsp3) is 0.467. The lowest BCUT2D eigenvalue weighted by molar-refractivity contribution is -0.146. The molecule has 1 fully saturated rings. The van der Waals surface area contributed by atoms with Crippen molar-refractivity contribution in [3.8, 4) is 0 Å². The van der Waals surface area contributed by atoms with Gasteiger partial charge in [-0.25, -0.2) is 4.79 Å². The fourth-order valence-electron chi connectivity index (χ4n) is 2.39. The molecule has 4 heteroatoms. The highest BCUT2D eigenvalue weighted by atomic mass is 16.4. The quantitative estimate of drug-likeness (QED) is 0.905. The minimum atomic E-state index is -0.912. The minimum Gasteiger partial charge on any atom is -0.480 e. The van der Waals surface area contributed by atoms with E-state index >= 15 is 0 Å². The standard InChI is InChI=1S/C15H19NO3/c1-10(2)12-5-3-11(4-6-12)9-16-13(15(18)19)7-8-14(16)17/h3-6,10,13H,7-9H2,1-2H3,(H,18,19)/t13-/m1/s1. The Hall–Kier alpha value is -1.84. The number of nitrogens with zero attached hydrogens (tertiary/aromatic N) is 1. The Morgan fingerprint density at radius 2 is 2.00 bits per heavy atom. The fourth-order valence-corrected chi connectivity index (χ4v) is 2.39. The molecule has 1 heterocycles. The topological polar surface area (TPSA) is 57.6 Å². The first-order chi connectivity index (χ1) is 8.99. The van der Waals surface area contributed by atoms with E-state index < -0.39 is 12.0 Å². The number of carboxylic acids is 1. The molecule has 2 rings (SSSR count). The summed E-state index contributed by atoms with van der Waals surface area (Å²) in [5.41, 5.74) is 2.22. The van der Waals surface area contributed by atoms with Crippen molar-refractivity contribution in [2.45, 2.75) is 45.2 Å².